The molecule has 1 aliphatic heterocycles. The second kappa shape index (κ2) is 4.78. The van der Waals surface area contributed by atoms with Crippen molar-refractivity contribution < 1.29 is 18.0 Å². The molecule has 10 heteroatoms. The minimum atomic E-state index is -3.99. The van der Waals surface area contributed by atoms with Crippen LogP contribution in [0.4, 0.5) is 0 Å². The van der Waals surface area contributed by atoms with Gasteiger partial charge in [-0.15, -0.1) is 11.3 Å². The maximum absolute atomic E-state index is 12.2. The lowest BCUT2D eigenvalue weighted by atomic mass is 10.4. The molecule has 0 aromatic carbocycles. The number of rotatable bonds is 2. The predicted molar refractivity (Wildman–Crippen MR) is 66.2 cm³/mol. The Bertz CT molecular complexity index is 609. The number of carbonyl (C=O) groups excluding carboxylic acids is 2. The van der Waals surface area contributed by atoms with Gasteiger partial charge in [0, 0.05) is 0 Å². The summed E-state index contributed by atoms with van der Waals surface area (Å²) in [5.74, 6) is -1.35. The predicted octanol–water partition coefficient (Wildman–Crippen LogP) is 0.702. The van der Waals surface area contributed by atoms with Crippen molar-refractivity contribution in [1.82, 2.24) is 9.62 Å². The van der Waals surface area contributed by atoms with Gasteiger partial charge in [-0.1, -0.05) is 23.2 Å². The van der Waals surface area contributed by atoms with Crippen LogP contribution in [0, 0.1) is 0 Å². The van der Waals surface area contributed by atoms with Crippen molar-refractivity contribution in [2.45, 2.75) is 4.90 Å². The number of nitrogens with zero attached hydrogens (tertiary/aromatic N) is 1. The number of hydrogen-bond acceptors (Lipinski definition) is 5. The van der Waals surface area contributed by atoms with Crippen LogP contribution in [-0.4, -0.2) is 37.6 Å². The Morgan fingerprint density at radius 3 is 2.22 bits per heavy atom. The van der Waals surface area contributed by atoms with Gasteiger partial charge < -0.3 is 0 Å². The highest BCUT2D eigenvalue weighted by Crippen LogP contribution is 2.35. The monoisotopic (exact) mass is 328 g/mol. The molecule has 0 atom stereocenters. The SMILES string of the molecule is O=C1CN(S(=O)(=O)c2cc(Cl)sc2Cl)CC(=O)N1. The van der Waals surface area contributed by atoms with E-state index >= 15 is 0 Å². The molecule has 0 spiro atoms. The summed E-state index contributed by atoms with van der Waals surface area (Å²) in [7, 11) is -3.99. The van der Waals surface area contributed by atoms with Gasteiger partial charge in [-0.25, -0.2) is 8.42 Å². The first-order valence-electron chi connectivity index (χ1n) is 4.58. The van der Waals surface area contributed by atoms with Gasteiger partial charge in [0.1, 0.15) is 9.23 Å². The Kier molecular flexibility index (Phi) is 3.65. The van der Waals surface area contributed by atoms with Crippen molar-refractivity contribution in [2.24, 2.45) is 0 Å². The lowest BCUT2D eigenvalue weighted by Crippen LogP contribution is -2.53. The van der Waals surface area contributed by atoms with E-state index < -0.39 is 34.9 Å². The summed E-state index contributed by atoms with van der Waals surface area (Å²) in [6.45, 7) is -0.838. The van der Waals surface area contributed by atoms with Crippen molar-refractivity contribution >= 4 is 56.4 Å². The first-order chi connectivity index (χ1) is 8.30. The second-order valence-corrected chi connectivity index (χ2v) is 7.62. The van der Waals surface area contributed by atoms with Crippen molar-refractivity contribution in [1.29, 1.82) is 0 Å². The third-order valence-corrected chi connectivity index (χ3v) is 5.71. The van der Waals surface area contributed by atoms with E-state index in [1.54, 1.807) is 0 Å². The summed E-state index contributed by atoms with van der Waals surface area (Å²) in [5, 5.41) is 2.01. The van der Waals surface area contributed by atoms with E-state index in [4.69, 9.17) is 23.2 Å². The fourth-order valence-electron chi connectivity index (χ4n) is 1.42. The minimum absolute atomic E-state index is 0.00145. The zero-order valence-electron chi connectivity index (χ0n) is 8.64. The largest absolute Gasteiger partial charge is 0.294 e. The van der Waals surface area contributed by atoms with Crippen LogP contribution in [0.1, 0.15) is 0 Å². The number of nitrogens with one attached hydrogen (secondary N) is 1. The Hall–Kier alpha value is -0.670. The van der Waals surface area contributed by atoms with Crippen LogP contribution in [-0.2, 0) is 19.6 Å². The van der Waals surface area contributed by atoms with E-state index in [9.17, 15) is 18.0 Å². The molecule has 1 aromatic heterocycles. The molecule has 98 valence electrons. The smallest absolute Gasteiger partial charge is 0.246 e. The van der Waals surface area contributed by atoms with Crippen LogP contribution in [0.2, 0.25) is 8.67 Å². The molecule has 18 heavy (non-hydrogen) atoms. The normalized spacial score (nSPS) is 17.9. The molecular formula is C8H6Cl2N2O4S2. The molecule has 0 saturated carbocycles. The molecule has 1 saturated heterocycles. The fraction of sp³-hybridized carbons (Fsp3) is 0.250. The third kappa shape index (κ3) is 2.52. The number of thiophene rings is 1. The van der Waals surface area contributed by atoms with Crippen LogP contribution >= 0.6 is 34.5 Å². The highest BCUT2D eigenvalue weighted by atomic mass is 35.5. The Morgan fingerprint density at radius 2 is 1.78 bits per heavy atom. The maximum Gasteiger partial charge on any atom is 0.246 e. The second-order valence-electron chi connectivity index (χ2n) is 3.43. The van der Waals surface area contributed by atoms with Crippen LogP contribution in [0.25, 0.3) is 0 Å². The number of hydrogen-bond donors (Lipinski definition) is 1. The van der Waals surface area contributed by atoms with E-state index in [-0.39, 0.29) is 13.6 Å². The molecule has 1 aromatic rings. The number of sulfonamides is 1. The van der Waals surface area contributed by atoms with Gasteiger partial charge in [-0.2, -0.15) is 4.31 Å². The lowest BCUT2D eigenvalue weighted by Gasteiger charge is -2.24. The topological polar surface area (TPSA) is 83.6 Å². The molecule has 0 aliphatic carbocycles. The molecule has 2 amide bonds. The molecule has 0 bridgehead atoms. The van der Waals surface area contributed by atoms with E-state index in [1.807, 2.05) is 5.32 Å². The number of amides is 2. The molecule has 1 N–H and O–H groups in total. The van der Waals surface area contributed by atoms with Gasteiger partial charge in [0.05, 0.1) is 17.4 Å². The van der Waals surface area contributed by atoms with Crippen LogP contribution in [0.15, 0.2) is 11.0 Å². The molecule has 6 nitrogen and oxygen atoms in total. The average Bonchev–Trinajstić information content (AvgIpc) is 2.57. The van der Waals surface area contributed by atoms with Gasteiger partial charge in [0.25, 0.3) is 0 Å². The number of carbonyl (C=O) groups is 2. The summed E-state index contributed by atoms with van der Waals surface area (Å²) in [6.07, 6.45) is 0. The van der Waals surface area contributed by atoms with Crippen molar-refractivity contribution in [2.75, 3.05) is 13.1 Å². The van der Waals surface area contributed by atoms with Gasteiger partial charge in [-0.05, 0) is 6.07 Å². The fourth-order valence-corrected chi connectivity index (χ4v) is 4.89. The molecule has 0 unspecified atom stereocenters. The molecule has 2 rings (SSSR count). The van der Waals surface area contributed by atoms with E-state index in [0.717, 1.165) is 15.6 Å². The van der Waals surface area contributed by atoms with Gasteiger partial charge in [0.2, 0.25) is 21.8 Å². The van der Waals surface area contributed by atoms with Gasteiger partial charge in [0.15, 0.2) is 0 Å². The van der Waals surface area contributed by atoms with Crippen LogP contribution in [0.5, 0.6) is 0 Å². The van der Waals surface area contributed by atoms with Crippen LogP contribution < -0.4 is 5.32 Å². The maximum atomic E-state index is 12.2. The average molecular weight is 329 g/mol. The summed E-state index contributed by atoms with van der Waals surface area (Å²) in [5.41, 5.74) is 0. The van der Waals surface area contributed by atoms with Gasteiger partial charge in [-0.3, -0.25) is 14.9 Å². The van der Waals surface area contributed by atoms with E-state index in [1.165, 1.54) is 6.07 Å². The highest BCUT2D eigenvalue weighted by molar-refractivity contribution is 7.89. The standard InChI is InChI=1S/C8H6Cl2N2O4S2/c9-5-1-4(8(10)17-5)18(15,16)12-2-6(13)11-7(14)3-12/h1H,2-3H2,(H,11,13,14). The van der Waals surface area contributed by atoms with Gasteiger partial charge >= 0.3 is 0 Å². The zero-order valence-corrected chi connectivity index (χ0v) is 11.8. The first kappa shape index (κ1) is 13.8. The Balaban J connectivity index is 2.40. The number of piperazine rings is 1. The van der Waals surface area contributed by atoms with Crippen molar-refractivity contribution in [3.05, 3.63) is 14.7 Å². The van der Waals surface area contributed by atoms with Crippen molar-refractivity contribution in [3.8, 4) is 0 Å². The molecule has 1 fully saturated rings. The van der Waals surface area contributed by atoms with Crippen LogP contribution in [0.3, 0.4) is 0 Å². The number of halogens is 2. The summed E-state index contributed by atoms with van der Waals surface area (Å²) in [6, 6.07) is 1.20. The zero-order chi connectivity index (χ0) is 13.5. The molecule has 1 aliphatic rings. The van der Waals surface area contributed by atoms with Crippen molar-refractivity contribution in [3.63, 3.8) is 0 Å². The first-order valence-corrected chi connectivity index (χ1v) is 7.59. The summed E-state index contributed by atoms with van der Waals surface area (Å²) < 4.78 is 25.3. The van der Waals surface area contributed by atoms with E-state index in [2.05, 4.69) is 0 Å². The minimum Gasteiger partial charge on any atom is -0.294 e. The lowest BCUT2D eigenvalue weighted by molar-refractivity contribution is -0.134. The third-order valence-electron chi connectivity index (χ3n) is 2.16. The molecule has 0 radical (unpaired) electrons. The molecular weight excluding hydrogens is 323 g/mol. The quantitative estimate of drug-likeness (QED) is 0.810. The number of imide groups is 1. The summed E-state index contributed by atoms with van der Waals surface area (Å²) >= 11 is 12.3. The Morgan fingerprint density at radius 1 is 1.22 bits per heavy atom. The highest BCUT2D eigenvalue weighted by Gasteiger charge is 2.34. The van der Waals surface area contributed by atoms with E-state index in [0.29, 0.717) is 0 Å². The molecule has 2 heterocycles. The Labute approximate surface area is 117 Å². The summed E-state index contributed by atoms with van der Waals surface area (Å²) in [4.78, 5) is 22.1.